The summed E-state index contributed by atoms with van der Waals surface area (Å²) in [6, 6.07) is 3.18. The molecule has 1 aliphatic heterocycles. The molecule has 1 aliphatic carbocycles. The summed E-state index contributed by atoms with van der Waals surface area (Å²) < 4.78 is 19.5. The van der Waals surface area contributed by atoms with Gasteiger partial charge in [-0.3, -0.25) is 14.4 Å². The monoisotopic (exact) mass is 378 g/mol. The lowest BCUT2D eigenvalue weighted by atomic mass is 9.84. The van der Waals surface area contributed by atoms with Crippen molar-refractivity contribution in [3.63, 3.8) is 0 Å². The van der Waals surface area contributed by atoms with Gasteiger partial charge >= 0.3 is 0 Å². The molecule has 1 saturated carbocycles. The van der Waals surface area contributed by atoms with Crippen LogP contribution >= 0.6 is 0 Å². The van der Waals surface area contributed by atoms with Crippen molar-refractivity contribution < 1.29 is 23.5 Å². The highest BCUT2D eigenvalue weighted by molar-refractivity contribution is 5.98. The SMILES string of the molecule is NC[C@@H](NC(=O)C1CCC1)C(=O)Nc1ccc(N2CCOCC2=O)cc1F. The minimum Gasteiger partial charge on any atom is -0.370 e. The third-order valence-electron chi connectivity index (χ3n) is 4.85. The third kappa shape index (κ3) is 4.42. The van der Waals surface area contributed by atoms with Crippen LogP contribution in [0.3, 0.4) is 0 Å². The number of hydrogen-bond acceptors (Lipinski definition) is 5. The highest BCUT2D eigenvalue weighted by Gasteiger charge is 2.29. The van der Waals surface area contributed by atoms with Crippen LogP contribution in [0.25, 0.3) is 0 Å². The number of amides is 3. The molecule has 1 heterocycles. The maximum Gasteiger partial charge on any atom is 0.253 e. The van der Waals surface area contributed by atoms with Gasteiger partial charge in [-0.25, -0.2) is 4.39 Å². The van der Waals surface area contributed by atoms with Gasteiger partial charge in [-0.15, -0.1) is 0 Å². The number of rotatable bonds is 6. The zero-order valence-electron chi connectivity index (χ0n) is 14.9. The number of benzene rings is 1. The summed E-state index contributed by atoms with van der Waals surface area (Å²) in [5.41, 5.74) is 5.94. The second kappa shape index (κ2) is 8.45. The molecule has 1 saturated heterocycles. The van der Waals surface area contributed by atoms with E-state index in [-0.39, 0.29) is 36.6 Å². The van der Waals surface area contributed by atoms with E-state index < -0.39 is 17.8 Å². The highest BCUT2D eigenvalue weighted by atomic mass is 19.1. The molecule has 1 atom stereocenters. The van der Waals surface area contributed by atoms with Gasteiger partial charge in [0.15, 0.2) is 0 Å². The Balaban J connectivity index is 1.64. The molecule has 2 aliphatic rings. The van der Waals surface area contributed by atoms with Crippen LogP contribution in [0, 0.1) is 11.7 Å². The average molecular weight is 378 g/mol. The summed E-state index contributed by atoms with van der Waals surface area (Å²) in [7, 11) is 0. The van der Waals surface area contributed by atoms with Gasteiger partial charge in [0.1, 0.15) is 18.5 Å². The predicted octanol–water partition coefficient (Wildman–Crippen LogP) is 0.371. The van der Waals surface area contributed by atoms with Crippen molar-refractivity contribution >= 4 is 29.1 Å². The van der Waals surface area contributed by atoms with E-state index in [2.05, 4.69) is 10.6 Å². The Morgan fingerprint density at radius 1 is 1.37 bits per heavy atom. The van der Waals surface area contributed by atoms with Crippen molar-refractivity contribution in [2.45, 2.75) is 25.3 Å². The van der Waals surface area contributed by atoms with Gasteiger partial charge in [0, 0.05) is 24.7 Å². The number of ether oxygens (including phenoxy) is 1. The molecule has 0 spiro atoms. The molecule has 0 bridgehead atoms. The first-order valence-corrected chi connectivity index (χ1v) is 8.98. The van der Waals surface area contributed by atoms with Crippen LogP contribution in [0.1, 0.15) is 19.3 Å². The van der Waals surface area contributed by atoms with Gasteiger partial charge in [-0.05, 0) is 31.0 Å². The molecule has 1 aromatic carbocycles. The maximum atomic E-state index is 14.4. The topological polar surface area (TPSA) is 114 Å². The standard InChI is InChI=1S/C18H23FN4O4/c19-13-8-12(23-6-7-27-10-16(23)24)4-5-14(13)21-18(26)15(9-20)22-17(25)11-2-1-3-11/h4-5,8,11,15H,1-3,6-7,9-10,20H2,(H,21,26)(H,22,25)/t15-/m1/s1. The van der Waals surface area contributed by atoms with Gasteiger partial charge < -0.3 is 26.0 Å². The summed E-state index contributed by atoms with van der Waals surface area (Å²) in [4.78, 5) is 37.6. The number of nitrogens with two attached hydrogens (primary N) is 1. The number of nitrogens with one attached hydrogen (secondary N) is 2. The molecule has 3 amide bonds. The van der Waals surface area contributed by atoms with Crippen LogP contribution in [0.2, 0.25) is 0 Å². The number of halogens is 1. The van der Waals surface area contributed by atoms with Crippen LogP contribution in [0.15, 0.2) is 18.2 Å². The first-order valence-electron chi connectivity index (χ1n) is 8.98. The molecule has 27 heavy (non-hydrogen) atoms. The molecule has 1 aromatic rings. The van der Waals surface area contributed by atoms with E-state index in [0.717, 1.165) is 19.3 Å². The Morgan fingerprint density at radius 2 is 2.15 bits per heavy atom. The number of carbonyl (C=O) groups is 3. The number of nitrogens with zero attached hydrogens (tertiary/aromatic N) is 1. The Hall–Kier alpha value is -2.52. The largest absolute Gasteiger partial charge is 0.370 e. The number of carbonyl (C=O) groups excluding carboxylic acids is 3. The lowest BCUT2D eigenvalue weighted by molar-refractivity contribution is -0.131. The van der Waals surface area contributed by atoms with Gasteiger partial charge in [0.25, 0.3) is 5.91 Å². The molecule has 0 aromatic heterocycles. The fraction of sp³-hybridized carbons (Fsp3) is 0.500. The molecule has 8 nitrogen and oxygen atoms in total. The van der Waals surface area contributed by atoms with Crippen molar-refractivity contribution in [2.24, 2.45) is 11.7 Å². The van der Waals surface area contributed by atoms with Crippen molar-refractivity contribution in [2.75, 3.05) is 36.5 Å². The van der Waals surface area contributed by atoms with Crippen LogP contribution in [0.4, 0.5) is 15.8 Å². The Labute approximate surface area is 156 Å². The summed E-state index contributed by atoms with van der Waals surface area (Å²) in [5, 5.41) is 5.06. The Morgan fingerprint density at radius 3 is 2.74 bits per heavy atom. The van der Waals surface area contributed by atoms with Gasteiger partial charge in [-0.1, -0.05) is 6.42 Å². The van der Waals surface area contributed by atoms with Crippen LogP contribution in [-0.4, -0.2) is 50.1 Å². The van der Waals surface area contributed by atoms with Crippen LogP contribution in [0.5, 0.6) is 0 Å². The molecule has 0 unspecified atom stereocenters. The second-order valence-corrected chi connectivity index (χ2v) is 6.68. The second-order valence-electron chi connectivity index (χ2n) is 6.68. The molecule has 4 N–H and O–H groups in total. The molecule has 2 fully saturated rings. The fourth-order valence-corrected chi connectivity index (χ4v) is 2.98. The van der Waals surface area contributed by atoms with Crippen molar-refractivity contribution in [3.05, 3.63) is 24.0 Å². The van der Waals surface area contributed by atoms with Crippen molar-refractivity contribution in [1.82, 2.24) is 5.32 Å². The predicted molar refractivity (Wildman–Crippen MR) is 96.5 cm³/mol. The van der Waals surface area contributed by atoms with E-state index in [4.69, 9.17) is 10.5 Å². The first kappa shape index (κ1) is 19.2. The summed E-state index contributed by atoms with van der Waals surface area (Å²) in [5.74, 6) is -1.79. The molecular weight excluding hydrogens is 355 g/mol. The lowest BCUT2D eigenvalue weighted by Crippen LogP contribution is -2.51. The first-order chi connectivity index (χ1) is 13.0. The molecule has 9 heteroatoms. The normalized spacial score (nSPS) is 18.6. The lowest BCUT2D eigenvalue weighted by Gasteiger charge is -2.27. The zero-order valence-corrected chi connectivity index (χ0v) is 14.9. The van der Waals surface area contributed by atoms with E-state index in [1.165, 1.54) is 17.0 Å². The van der Waals surface area contributed by atoms with Crippen molar-refractivity contribution in [1.29, 1.82) is 0 Å². The zero-order chi connectivity index (χ0) is 19.4. The summed E-state index contributed by atoms with van der Waals surface area (Å²) >= 11 is 0. The Kier molecular flexibility index (Phi) is 6.02. The number of anilines is 2. The number of morpholine rings is 1. The van der Waals surface area contributed by atoms with E-state index in [0.29, 0.717) is 18.8 Å². The van der Waals surface area contributed by atoms with E-state index in [1.54, 1.807) is 6.07 Å². The van der Waals surface area contributed by atoms with E-state index in [1.807, 2.05) is 0 Å². The van der Waals surface area contributed by atoms with E-state index in [9.17, 15) is 18.8 Å². The average Bonchev–Trinajstić information content (AvgIpc) is 2.60. The van der Waals surface area contributed by atoms with Crippen LogP contribution in [-0.2, 0) is 19.1 Å². The van der Waals surface area contributed by atoms with Gasteiger partial charge in [0.2, 0.25) is 11.8 Å². The van der Waals surface area contributed by atoms with Gasteiger partial charge in [0.05, 0.1) is 12.3 Å². The Bertz CT molecular complexity index is 738. The fourth-order valence-electron chi connectivity index (χ4n) is 2.98. The molecule has 0 radical (unpaired) electrons. The molecule has 3 rings (SSSR count). The molecule has 146 valence electrons. The van der Waals surface area contributed by atoms with Crippen molar-refractivity contribution in [3.8, 4) is 0 Å². The van der Waals surface area contributed by atoms with E-state index >= 15 is 0 Å². The maximum absolute atomic E-state index is 14.4. The third-order valence-corrected chi connectivity index (χ3v) is 4.85. The molecular formula is C18H23FN4O4. The smallest absolute Gasteiger partial charge is 0.253 e. The highest BCUT2D eigenvalue weighted by Crippen LogP contribution is 2.26. The summed E-state index contributed by atoms with van der Waals surface area (Å²) in [6.45, 7) is 0.586. The quantitative estimate of drug-likeness (QED) is 0.662. The minimum absolute atomic E-state index is 0.0409. The van der Waals surface area contributed by atoms with Crippen LogP contribution < -0.4 is 21.3 Å². The summed E-state index contributed by atoms with van der Waals surface area (Å²) in [6.07, 6.45) is 2.61. The van der Waals surface area contributed by atoms with Gasteiger partial charge in [-0.2, -0.15) is 0 Å². The minimum atomic E-state index is -0.932. The number of hydrogen-bond donors (Lipinski definition) is 3.